The molecule has 8 nitrogen and oxygen atoms in total. The second kappa shape index (κ2) is 17.0. The van der Waals surface area contributed by atoms with Crippen molar-refractivity contribution in [3.8, 4) is 51.0 Å². The molecule has 0 saturated heterocycles. The van der Waals surface area contributed by atoms with Gasteiger partial charge in [0.05, 0.1) is 44.5 Å². The van der Waals surface area contributed by atoms with Crippen molar-refractivity contribution in [2.24, 2.45) is 0 Å². The highest BCUT2D eigenvalue weighted by molar-refractivity contribution is 6.20. The van der Waals surface area contributed by atoms with Crippen LogP contribution in [0, 0.1) is 0 Å². The number of nitrogens with zero attached hydrogens (tertiary/aromatic N) is 5. The maximum Gasteiger partial charge on any atom is 0.160 e. The van der Waals surface area contributed by atoms with Gasteiger partial charge in [-0.2, -0.15) is 0 Å². The SMILES string of the molecule is c1cc(-c2cc(-c3ccc(-n4c5ccccc5c5cc6oc7ccccc7c6cc54)cc3)nc(-c3cccc(-n4c5ccccc5c5cc6oc7ccccc7c6cc54)c3)n2)cc(-n2c3ccccc3c3cc4oc5ccccc5c4cc32)c1. The molecule has 0 N–H and O–H groups in total. The van der Waals surface area contributed by atoms with E-state index < -0.39 is 0 Å². The predicted octanol–water partition coefficient (Wildman–Crippen LogP) is 20.5. The third kappa shape index (κ3) is 6.53. The molecule has 390 valence electrons. The Kier molecular flexibility index (Phi) is 9.18. The van der Waals surface area contributed by atoms with E-state index in [-0.39, 0.29) is 0 Å². The zero-order chi connectivity index (χ0) is 54.7. The topological polar surface area (TPSA) is 80.0 Å². The van der Waals surface area contributed by atoms with Gasteiger partial charge >= 0.3 is 0 Å². The van der Waals surface area contributed by atoms with Crippen molar-refractivity contribution in [2.45, 2.75) is 0 Å². The Morgan fingerprint density at radius 2 is 0.583 bits per heavy atom. The van der Waals surface area contributed by atoms with Crippen molar-refractivity contribution in [1.29, 1.82) is 0 Å². The molecule has 0 radical (unpaired) electrons. The fourth-order valence-electron chi connectivity index (χ4n) is 13.6. The minimum absolute atomic E-state index is 0.618. The Labute approximate surface area is 477 Å². The lowest BCUT2D eigenvalue weighted by Gasteiger charge is -2.14. The van der Waals surface area contributed by atoms with Crippen molar-refractivity contribution < 1.29 is 13.3 Å². The minimum atomic E-state index is 0.618. The molecule has 8 heteroatoms. The molecule has 0 aliphatic heterocycles. The highest BCUT2D eigenvalue weighted by Crippen LogP contribution is 2.43. The zero-order valence-electron chi connectivity index (χ0n) is 44.8. The summed E-state index contributed by atoms with van der Waals surface area (Å²) in [5, 5.41) is 13.4. The van der Waals surface area contributed by atoms with Gasteiger partial charge in [0.1, 0.15) is 33.5 Å². The Bertz CT molecular complexity index is 5750. The minimum Gasteiger partial charge on any atom is -0.456 e. The molecule has 19 rings (SSSR count). The largest absolute Gasteiger partial charge is 0.456 e. The predicted molar refractivity (Wildman–Crippen MR) is 343 cm³/mol. The lowest BCUT2D eigenvalue weighted by molar-refractivity contribution is 0.669. The number of benzene rings is 12. The smallest absolute Gasteiger partial charge is 0.160 e. The van der Waals surface area contributed by atoms with Crippen LogP contribution in [0.4, 0.5) is 0 Å². The van der Waals surface area contributed by atoms with E-state index in [1.807, 2.05) is 36.4 Å². The number of para-hydroxylation sites is 6. The summed E-state index contributed by atoms with van der Waals surface area (Å²) in [7, 11) is 0. The third-order valence-electron chi connectivity index (χ3n) is 17.4. The number of hydrogen-bond donors (Lipinski definition) is 0. The number of furan rings is 3. The standard InChI is InChI=1S/C76H43N5O3/c1-7-25-64-50(19-1)56-40-73-59(53-22-4-10-28-70(53)82-73)37-67(56)79(64)47-33-31-44(32-34-47)62-43-63(45-15-13-17-48(35-45)80-65-26-8-2-20-51(65)57-41-74-60(38-68(57)80)54-23-5-11-29-71(54)83-74)78-76(77-62)46-16-14-18-49(36-46)81-66-27-9-3-21-52(66)58-42-75-61(39-69(58)81)55-24-6-12-30-72(55)84-75/h1-43H. The first kappa shape index (κ1) is 45.3. The fourth-order valence-corrected chi connectivity index (χ4v) is 13.6. The molecular weight excluding hydrogens is 1030 g/mol. The van der Waals surface area contributed by atoms with E-state index in [4.69, 9.17) is 23.2 Å². The highest BCUT2D eigenvalue weighted by atomic mass is 16.3. The summed E-state index contributed by atoms with van der Waals surface area (Å²) >= 11 is 0. The third-order valence-corrected chi connectivity index (χ3v) is 17.4. The highest BCUT2D eigenvalue weighted by Gasteiger charge is 2.22. The van der Waals surface area contributed by atoms with Crippen LogP contribution >= 0.6 is 0 Å². The second-order valence-electron chi connectivity index (χ2n) is 22.1. The molecule has 0 fully saturated rings. The van der Waals surface area contributed by atoms with E-state index in [0.29, 0.717) is 5.82 Å². The van der Waals surface area contributed by atoms with Gasteiger partial charge in [0, 0.05) is 98.4 Å². The average Bonchev–Trinajstić information content (AvgIpc) is 2.58. The lowest BCUT2D eigenvalue weighted by Crippen LogP contribution is -1.99. The van der Waals surface area contributed by atoms with Gasteiger partial charge in [0.2, 0.25) is 0 Å². The first-order chi connectivity index (χ1) is 41.6. The van der Waals surface area contributed by atoms with Crippen molar-refractivity contribution in [3.63, 3.8) is 0 Å². The summed E-state index contributed by atoms with van der Waals surface area (Å²) < 4.78 is 26.4. The van der Waals surface area contributed by atoms with Crippen LogP contribution in [0.5, 0.6) is 0 Å². The molecule has 0 unspecified atom stereocenters. The molecule has 0 aliphatic carbocycles. The van der Waals surface area contributed by atoms with Crippen LogP contribution in [0.25, 0.3) is 182 Å². The lowest BCUT2D eigenvalue weighted by atomic mass is 10.0. The average molecular weight is 1070 g/mol. The molecule has 12 aromatic carbocycles. The van der Waals surface area contributed by atoms with E-state index in [0.717, 1.165) is 171 Å². The van der Waals surface area contributed by atoms with E-state index in [9.17, 15) is 0 Å². The number of hydrogen-bond acceptors (Lipinski definition) is 5. The summed E-state index contributed by atoms with van der Waals surface area (Å²) in [4.78, 5) is 11.0. The first-order valence-electron chi connectivity index (χ1n) is 28.4. The van der Waals surface area contributed by atoms with Gasteiger partial charge < -0.3 is 27.0 Å². The molecule has 84 heavy (non-hydrogen) atoms. The van der Waals surface area contributed by atoms with Crippen LogP contribution in [-0.4, -0.2) is 23.7 Å². The number of aromatic nitrogens is 5. The molecule has 7 heterocycles. The molecule has 0 spiro atoms. The maximum absolute atomic E-state index is 6.44. The van der Waals surface area contributed by atoms with Gasteiger partial charge in [-0.05, 0) is 115 Å². The van der Waals surface area contributed by atoms with Crippen LogP contribution in [0.15, 0.2) is 274 Å². The van der Waals surface area contributed by atoms with Crippen LogP contribution in [0.1, 0.15) is 0 Å². The van der Waals surface area contributed by atoms with Gasteiger partial charge in [-0.1, -0.05) is 146 Å². The molecule has 0 bridgehead atoms. The number of fused-ring (bicyclic) bond motifs is 18. The quantitative estimate of drug-likeness (QED) is 0.166. The Balaban J connectivity index is 0.797. The van der Waals surface area contributed by atoms with Crippen molar-refractivity contribution in [3.05, 3.63) is 261 Å². The van der Waals surface area contributed by atoms with Crippen LogP contribution < -0.4 is 0 Å². The van der Waals surface area contributed by atoms with Crippen molar-refractivity contribution in [2.75, 3.05) is 0 Å². The molecular formula is C76H43N5O3. The summed E-state index contributed by atoms with van der Waals surface area (Å²) in [6.07, 6.45) is 0. The van der Waals surface area contributed by atoms with E-state index in [2.05, 4.69) is 238 Å². The first-order valence-corrected chi connectivity index (χ1v) is 28.4. The van der Waals surface area contributed by atoms with Crippen LogP contribution in [0.3, 0.4) is 0 Å². The van der Waals surface area contributed by atoms with E-state index in [1.54, 1.807) is 0 Å². The maximum atomic E-state index is 6.44. The molecule has 0 amide bonds. The van der Waals surface area contributed by atoms with Crippen LogP contribution in [-0.2, 0) is 0 Å². The van der Waals surface area contributed by atoms with Gasteiger partial charge in [-0.25, -0.2) is 9.97 Å². The van der Waals surface area contributed by atoms with E-state index in [1.165, 1.54) is 5.39 Å². The van der Waals surface area contributed by atoms with Crippen molar-refractivity contribution in [1.82, 2.24) is 23.7 Å². The Morgan fingerprint density at radius 3 is 1.04 bits per heavy atom. The molecule has 0 saturated carbocycles. The monoisotopic (exact) mass is 1070 g/mol. The molecule has 0 aliphatic rings. The molecule has 7 aromatic heterocycles. The fraction of sp³-hybridized carbons (Fsp3) is 0. The molecule has 0 atom stereocenters. The van der Waals surface area contributed by atoms with Gasteiger partial charge in [0.15, 0.2) is 5.82 Å². The van der Waals surface area contributed by atoms with Gasteiger partial charge in [-0.3, -0.25) is 0 Å². The second-order valence-corrected chi connectivity index (χ2v) is 22.1. The normalized spacial score (nSPS) is 12.3. The van der Waals surface area contributed by atoms with Crippen LogP contribution in [0.2, 0.25) is 0 Å². The molecule has 19 aromatic rings. The summed E-state index contributed by atoms with van der Waals surface area (Å²) in [6, 6.07) is 92.6. The van der Waals surface area contributed by atoms with Gasteiger partial charge in [0.25, 0.3) is 0 Å². The Morgan fingerprint density at radius 1 is 0.214 bits per heavy atom. The van der Waals surface area contributed by atoms with Gasteiger partial charge in [-0.15, -0.1) is 0 Å². The zero-order valence-corrected chi connectivity index (χ0v) is 44.8. The Hall–Kier alpha value is -11.5. The summed E-state index contributed by atoms with van der Waals surface area (Å²) in [6.45, 7) is 0. The number of rotatable bonds is 6. The summed E-state index contributed by atoms with van der Waals surface area (Å²) in [5.74, 6) is 0.618. The van der Waals surface area contributed by atoms with E-state index >= 15 is 0 Å². The van der Waals surface area contributed by atoms with Crippen molar-refractivity contribution >= 4 is 131 Å². The summed E-state index contributed by atoms with van der Waals surface area (Å²) in [5.41, 5.74) is 19.4.